The van der Waals surface area contributed by atoms with E-state index in [0.717, 1.165) is 41.6 Å². The predicted molar refractivity (Wildman–Crippen MR) is 277 cm³/mol. The van der Waals surface area contributed by atoms with Crippen LogP contribution in [0.15, 0.2) is 167 Å². The SMILES string of the molecule is CC(C)(C)c1ccc(C(CCc2cc3c(c4ccccc24)-c2c(ccc4oc5ccccc5c24)C3(C)C)Cc2cc3c(c4ccccc24)-c2c(ccc4oc5ccccc5c24)C3(C)C)cc1. The zero-order chi connectivity index (χ0) is 44.9. The van der Waals surface area contributed by atoms with Gasteiger partial charge in [-0.3, -0.25) is 0 Å². The zero-order valence-corrected chi connectivity index (χ0v) is 39.0. The number of hydrogen-bond donors (Lipinski definition) is 0. The van der Waals surface area contributed by atoms with Gasteiger partial charge in [-0.15, -0.1) is 0 Å². The molecule has 0 bridgehead atoms. The highest BCUT2D eigenvalue weighted by Crippen LogP contribution is 2.58. The highest BCUT2D eigenvalue weighted by Gasteiger charge is 2.41. The third-order valence-electron chi connectivity index (χ3n) is 16.0. The van der Waals surface area contributed by atoms with Gasteiger partial charge in [-0.25, -0.2) is 0 Å². The van der Waals surface area contributed by atoms with Crippen molar-refractivity contribution >= 4 is 65.4 Å². The molecule has 2 heteroatoms. The summed E-state index contributed by atoms with van der Waals surface area (Å²) >= 11 is 0. The average Bonchev–Trinajstić information content (AvgIpc) is 4.02. The number of furan rings is 2. The Morgan fingerprint density at radius 3 is 1.36 bits per heavy atom. The lowest BCUT2D eigenvalue weighted by molar-refractivity contribution is 0.586. The molecule has 0 aliphatic heterocycles. The van der Waals surface area contributed by atoms with Crippen LogP contribution in [-0.4, -0.2) is 0 Å². The maximum absolute atomic E-state index is 6.50. The van der Waals surface area contributed by atoms with Gasteiger partial charge in [0.15, 0.2) is 0 Å². The molecule has 2 nitrogen and oxygen atoms in total. The molecule has 13 rings (SSSR count). The van der Waals surface area contributed by atoms with Gasteiger partial charge in [0.1, 0.15) is 22.3 Å². The van der Waals surface area contributed by atoms with Crippen LogP contribution in [0.25, 0.3) is 87.7 Å². The van der Waals surface area contributed by atoms with Crippen LogP contribution in [0.3, 0.4) is 0 Å². The summed E-state index contributed by atoms with van der Waals surface area (Å²) in [6.07, 6.45) is 2.95. The Morgan fingerprint density at radius 1 is 0.424 bits per heavy atom. The van der Waals surface area contributed by atoms with Gasteiger partial charge in [-0.2, -0.15) is 0 Å². The van der Waals surface area contributed by atoms with Crippen molar-refractivity contribution in [3.05, 3.63) is 202 Å². The molecule has 1 atom stereocenters. The van der Waals surface area contributed by atoms with Gasteiger partial charge in [0, 0.05) is 32.4 Å². The fourth-order valence-electron chi connectivity index (χ4n) is 12.5. The van der Waals surface area contributed by atoms with E-state index in [1.165, 1.54) is 110 Å². The normalized spacial score (nSPS) is 15.3. The van der Waals surface area contributed by atoms with Crippen molar-refractivity contribution in [2.75, 3.05) is 0 Å². The summed E-state index contributed by atoms with van der Waals surface area (Å²) in [7, 11) is 0. The van der Waals surface area contributed by atoms with Crippen LogP contribution in [0.5, 0.6) is 0 Å². The van der Waals surface area contributed by atoms with E-state index in [9.17, 15) is 0 Å². The van der Waals surface area contributed by atoms with Gasteiger partial charge in [0.25, 0.3) is 0 Å². The molecular formula is C64H54O2. The highest BCUT2D eigenvalue weighted by atomic mass is 16.3. The second-order valence-electron chi connectivity index (χ2n) is 21.5. The van der Waals surface area contributed by atoms with Crippen molar-refractivity contribution in [3.8, 4) is 22.3 Å². The minimum absolute atomic E-state index is 0.0819. The van der Waals surface area contributed by atoms with Gasteiger partial charge < -0.3 is 8.83 Å². The third-order valence-corrected chi connectivity index (χ3v) is 16.0. The van der Waals surface area contributed by atoms with E-state index in [2.05, 4.69) is 206 Å². The zero-order valence-electron chi connectivity index (χ0n) is 39.0. The first-order chi connectivity index (χ1) is 31.9. The molecule has 0 saturated carbocycles. The lowest BCUT2D eigenvalue weighted by atomic mass is 9.78. The van der Waals surface area contributed by atoms with Crippen molar-refractivity contribution in [2.24, 2.45) is 0 Å². The van der Waals surface area contributed by atoms with Crippen LogP contribution in [0.1, 0.15) is 105 Å². The molecule has 11 aromatic rings. The fraction of sp³-hybridized carbons (Fsp3) is 0.219. The summed E-state index contributed by atoms with van der Waals surface area (Å²) in [5.41, 5.74) is 20.2. The minimum Gasteiger partial charge on any atom is -0.456 e. The largest absolute Gasteiger partial charge is 0.456 e. The molecule has 0 N–H and O–H groups in total. The Kier molecular flexibility index (Phi) is 8.26. The molecule has 2 aliphatic carbocycles. The van der Waals surface area contributed by atoms with Crippen LogP contribution in [-0.2, 0) is 29.1 Å². The average molecular weight is 855 g/mol. The second-order valence-corrected chi connectivity index (χ2v) is 21.5. The summed E-state index contributed by atoms with van der Waals surface area (Å²) in [5, 5.41) is 10.2. The molecule has 0 saturated heterocycles. The third kappa shape index (κ3) is 5.54. The summed E-state index contributed by atoms with van der Waals surface area (Å²) < 4.78 is 13.0. The molecule has 2 aromatic heterocycles. The minimum atomic E-state index is -0.179. The molecule has 0 amide bonds. The first-order valence-corrected chi connectivity index (χ1v) is 24.0. The maximum atomic E-state index is 6.50. The van der Waals surface area contributed by atoms with Crippen LogP contribution in [0.4, 0.5) is 0 Å². The summed E-state index contributed by atoms with van der Waals surface area (Å²) in [4.78, 5) is 0. The molecule has 2 aliphatic rings. The van der Waals surface area contributed by atoms with Crippen molar-refractivity contribution < 1.29 is 8.83 Å². The summed E-state index contributed by atoms with van der Waals surface area (Å²) in [6, 6.07) is 59.3. The first-order valence-electron chi connectivity index (χ1n) is 24.0. The fourth-order valence-corrected chi connectivity index (χ4v) is 12.5. The van der Waals surface area contributed by atoms with Crippen molar-refractivity contribution in [1.82, 2.24) is 0 Å². The van der Waals surface area contributed by atoms with E-state index >= 15 is 0 Å². The highest BCUT2D eigenvalue weighted by molar-refractivity contribution is 6.20. The van der Waals surface area contributed by atoms with Crippen LogP contribution < -0.4 is 0 Å². The van der Waals surface area contributed by atoms with Crippen molar-refractivity contribution in [2.45, 2.75) is 89.9 Å². The molecular weight excluding hydrogens is 801 g/mol. The van der Waals surface area contributed by atoms with Gasteiger partial charge in [-0.1, -0.05) is 182 Å². The van der Waals surface area contributed by atoms with Crippen molar-refractivity contribution in [3.63, 3.8) is 0 Å². The standard InChI is InChI=1S/C64H54O2/c1-62(2,3)41-28-26-37(27-29-41)38(34-40-36-51-57(45-19-11-9-17-43(40)45)61-49(64(51,6)7)31-33-55-59(61)47-21-13-15-23-53(47)66-55)24-25-39-35-50-56(44-18-10-8-16-42(39)44)60-48(63(50,4)5)30-32-54-58(60)46-20-12-14-22-52(46)65-54/h8-23,26-33,35-36,38H,24-25,34H2,1-7H3. The van der Waals surface area contributed by atoms with Crippen molar-refractivity contribution in [1.29, 1.82) is 0 Å². The Hall–Kier alpha value is -6.90. The molecule has 66 heavy (non-hydrogen) atoms. The van der Waals surface area contributed by atoms with E-state index in [4.69, 9.17) is 8.83 Å². The summed E-state index contributed by atoms with van der Waals surface area (Å²) in [5.74, 6) is 0.297. The van der Waals surface area contributed by atoms with Gasteiger partial charge >= 0.3 is 0 Å². The van der Waals surface area contributed by atoms with Crippen LogP contribution in [0.2, 0.25) is 0 Å². The molecule has 2 heterocycles. The van der Waals surface area contributed by atoms with Gasteiger partial charge in [0.2, 0.25) is 0 Å². The number of fused-ring (bicyclic) bond motifs is 18. The molecule has 322 valence electrons. The molecule has 0 radical (unpaired) electrons. The Morgan fingerprint density at radius 2 is 0.864 bits per heavy atom. The lowest BCUT2D eigenvalue weighted by Crippen LogP contribution is -2.16. The number of aryl methyl sites for hydroxylation is 1. The predicted octanol–water partition coefficient (Wildman–Crippen LogP) is 17.7. The van der Waals surface area contributed by atoms with E-state index < -0.39 is 0 Å². The molecule has 0 fully saturated rings. The van der Waals surface area contributed by atoms with E-state index in [0.29, 0.717) is 5.92 Å². The first kappa shape index (κ1) is 39.5. The lowest BCUT2D eigenvalue weighted by Gasteiger charge is -2.26. The maximum Gasteiger partial charge on any atom is 0.136 e. The monoisotopic (exact) mass is 854 g/mol. The number of benzene rings is 9. The van der Waals surface area contributed by atoms with Crippen LogP contribution in [0, 0.1) is 0 Å². The molecule has 0 spiro atoms. The van der Waals surface area contributed by atoms with Gasteiger partial charge in [-0.05, 0) is 143 Å². The second kappa shape index (κ2) is 13.8. The summed E-state index contributed by atoms with van der Waals surface area (Å²) in [6.45, 7) is 16.6. The Balaban J connectivity index is 0.954. The topological polar surface area (TPSA) is 26.3 Å². The smallest absolute Gasteiger partial charge is 0.136 e. The van der Waals surface area contributed by atoms with Gasteiger partial charge in [0.05, 0.1) is 0 Å². The molecule has 9 aromatic carbocycles. The van der Waals surface area contributed by atoms with E-state index in [-0.39, 0.29) is 16.2 Å². The Bertz CT molecular complexity index is 3820. The van der Waals surface area contributed by atoms with E-state index in [1.54, 1.807) is 0 Å². The molecule has 1 unspecified atom stereocenters. The Labute approximate surface area is 386 Å². The number of hydrogen-bond acceptors (Lipinski definition) is 2. The number of rotatable bonds is 6. The van der Waals surface area contributed by atoms with E-state index in [1.807, 2.05) is 0 Å². The van der Waals surface area contributed by atoms with Crippen LogP contribution >= 0.6 is 0 Å². The quantitative estimate of drug-likeness (QED) is 0.167. The number of para-hydroxylation sites is 2.